The number of halogens is 1. The molecular formula is C18H25ClN4O4S. The summed E-state index contributed by atoms with van der Waals surface area (Å²) in [6.45, 7) is 4.01. The maximum Gasteiger partial charge on any atom is 0.345 e. The number of aromatic nitrogens is 3. The number of methoxy groups -OCH3 is 1. The van der Waals surface area contributed by atoms with Gasteiger partial charge in [-0.2, -0.15) is 9.40 Å². The molecule has 1 aromatic carbocycles. The Morgan fingerprint density at radius 3 is 2.61 bits per heavy atom. The Kier molecular flexibility index (Phi) is 6.59. The molecular weight excluding hydrogens is 404 g/mol. The van der Waals surface area contributed by atoms with Crippen LogP contribution in [0.4, 0.5) is 0 Å². The summed E-state index contributed by atoms with van der Waals surface area (Å²) in [5.74, 6) is 0.769. The van der Waals surface area contributed by atoms with Crippen LogP contribution >= 0.6 is 11.6 Å². The molecule has 0 radical (unpaired) electrons. The average Bonchev–Trinajstić information content (AvgIpc) is 3.02. The van der Waals surface area contributed by atoms with Gasteiger partial charge >= 0.3 is 5.69 Å². The zero-order chi connectivity index (χ0) is 20.3. The molecule has 2 aromatic rings. The average molecular weight is 429 g/mol. The second-order valence-electron chi connectivity index (χ2n) is 6.74. The molecule has 10 heteroatoms. The van der Waals surface area contributed by atoms with E-state index in [0.29, 0.717) is 50.7 Å². The van der Waals surface area contributed by atoms with E-state index in [-0.39, 0.29) is 16.5 Å². The van der Waals surface area contributed by atoms with Crippen molar-refractivity contribution in [1.82, 2.24) is 18.7 Å². The highest BCUT2D eigenvalue weighted by Crippen LogP contribution is 2.30. The monoisotopic (exact) mass is 428 g/mol. The predicted molar refractivity (Wildman–Crippen MR) is 106 cm³/mol. The highest BCUT2D eigenvalue weighted by atomic mass is 35.5. The van der Waals surface area contributed by atoms with Crippen LogP contribution in [0.15, 0.2) is 34.0 Å². The van der Waals surface area contributed by atoms with Gasteiger partial charge in [0.1, 0.15) is 5.82 Å². The smallest absolute Gasteiger partial charge is 0.345 e. The van der Waals surface area contributed by atoms with Crippen LogP contribution in [-0.4, -0.2) is 53.9 Å². The van der Waals surface area contributed by atoms with Crippen LogP contribution in [0.2, 0.25) is 5.02 Å². The first kappa shape index (κ1) is 21.0. The van der Waals surface area contributed by atoms with E-state index >= 15 is 0 Å². The summed E-state index contributed by atoms with van der Waals surface area (Å²) in [5.41, 5.74) is -0.150. The van der Waals surface area contributed by atoms with Crippen LogP contribution in [0, 0.1) is 0 Å². The van der Waals surface area contributed by atoms with E-state index in [1.807, 2.05) is 6.92 Å². The number of piperidine rings is 1. The predicted octanol–water partition coefficient (Wildman–Crippen LogP) is 1.93. The molecule has 0 aliphatic carbocycles. The largest absolute Gasteiger partial charge is 0.383 e. The van der Waals surface area contributed by atoms with Gasteiger partial charge in [0.25, 0.3) is 0 Å². The lowest BCUT2D eigenvalue weighted by atomic mass is 9.97. The third kappa shape index (κ3) is 4.17. The maximum absolute atomic E-state index is 12.9. The van der Waals surface area contributed by atoms with Gasteiger partial charge in [0.05, 0.1) is 18.0 Å². The second kappa shape index (κ2) is 8.77. The molecule has 0 unspecified atom stereocenters. The van der Waals surface area contributed by atoms with Crippen molar-refractivity contribution >= 4 is 21.6 Å². The Morgan fingerprint density at radius 2 is 2.00 bits per heavy atom. The number of sulfonamides is 1. The number of hydrogen-bond acceptors (Lipinski definition) is 5. The van der Waals surface area contributed by atoms with Crippen LogP contribution in [0.3, 0.4) is 0 Å². The first-order valence-electron chi connectivity index (χ1n) is 9.30. The van der Waals surface area contributed by atoms with Gasteiger partial charge < -0.3 is 4.74 Å². The molecule has 0 atom stereocenters. The highest BCUT2D eigenvalue weighted by molar-refractivity contribution is 7.89. The first-order valence-corrected chi connectivity index (χ1v) is 11.1. The minimum atomic E-state index is -3.58. The van der Waals surface area contributed by atoms with Gasteiger partial charge in [-0.05, 0) is 38.0 Å². The maximum atomic E-state index is 12.9. The number of hydrogen-bond donors (Lipinski definition) is 0. The van der Waals surface area contributed by atoms with Crippen molar-refractivity contribution < 1.29 is 13.2 Å². The van der Waals surface area contributed by atoms with E-state index < -0.39 is 10.0 Å². The summed E-state index contributed by atoms with van der Waals surface area (Å²) in [4.78, 5) is 12.7. The molecule has 1 aromatic heterocycles. The zero-order valence-electron chi connectivity index (χ0n) is 16.0. The molecule has 1 aliphatic rings. The van der Waals surface area contributed by atoms with Crippen molar-refractivity contribution in [1.29, 1.82) is 0 Å². The van der Waals surface area contributed by atoms with Crippen molar-refractivity contribution in [2.24, 2.45) is 0 Å². The normalized spacial score (nSPS) is 16.5. The van der Waals surface area contributed by atoms with E-state index in [1.54, 1.807) is 29.9 Å². The second-order valence-corrected chi connectivity index (χ2v) is 9.11. The molecule has 0 N–H and O–H groups in total. The Balaban J connectivity index is 1.76. The molecule has 0 amide bonds. The zero-order valence-corrected chi connectivity index (χ0v) is 17.6. The number of benzene rings is 1. The standard InChI is InChI=1S/C18H25ClN4O4S/c1-3-22-17(20-23(18(22)24)11-12-27-2)14-7-9-21(10-8-14)28(25,26)16-6-4-5-15(19)13-16/h4-6,13-14H,3,7-12H2,1-2H3. The fourth-order valence-corrected chi connectivity index (χ4v) is 5.28. The molecule has 3 rings (SSSR count). The molecule has 0 saturated carbocycles. The van der Waals surface area contributed by atoms with Crippen LogP contribution in [0.5, 0.6) is 0 Å². The van der Waals surface area contributed by atoms with E-state index in [2.05, 4.69) is 5.10 Å². The van der Waals surface area contributed by atoms with Gasteiger partial charge in [0, 0.05) is 37.7 Å². The van der Waals surface area contributed by atoms with Gasteiger partial charge in [-0.3, -0.25) is 4.57 Å². The molecule has 8 nitrogen and oxygen atoms in total. The molecule has 1 saturated heterocycles. The summed E-state index contributed by atoms with van der Waals surface area (Å²) in [5, 5.41) is 4.89. The van der Waals surface area contributed by atoms with Crippen molar-refractivity contribution in [3.8, 4) is 0 Å². The Hall–Kier alpha value is -1.68. The quantitative estimate of drug-likeness (QED) is 0.672. The van der Waals surface area contributed by atoms with Gasteiger partial charge in [0.2, 0.25) is 10.0 Å². The number of rotatable bonds is 7. The Labute approximate surface area is 169 Å². The van der Waals surface area contributed by atoms with E-state index in [1.165, 1.54) is 15.1 Å². The fourth-order valence-electron chi connectivity index (χ4n) is 3.51. The third-order valence-corrected chi connectivity index (χ3v) is 7.16. The Bertz CT molecular complexity index is 978. The van der Waals surface area contributed by atoms with Gasteiger partial charge in [0.15, 0.2) is 0 Å². The van der Waals surface area contributed by atoms with Crippen LogP contribution in [-0.2, 0) is 27.8 Å². The molecule has 28 heavy (non-hydrogen) atoms. The lowest BCUT2D eigenvalue weighted by Gasteiger charge is -2.30. The molecule has 1 aliphatic heterocycles. The minimum absolute atomic E-state index is 0.0438. The van der Waals surface area contributed by atoms with Crippen molar-refractivity contribution in [2.45, 2.75) is 43.7 Å². The molecule has 1 fully saturated rings. The minimum Gasteiger partial charge on any atom is -0.383 e. The van der Waals surface area contributed by atoms with E-state index in [4.69, 9.17) is 16.3 Å². The molecule has 0 spiro atoms. The van der Waals surface area contributed by atoms with E-state index in [9.17, 15) is 13.2 Å². The van der Waals surface area contributed by atoms with Crippen molar-refractivity contribution in [3.05, 3.63) is 45.6 Å². The van der Waals surface area contributed by atoms with Crippen LogP contribution in [0.25, 0.3) is 0 Å². The van der Waals surface area contributed by atoms with Crippen molar-refractivity contribution in [2.75, 3.05) is 26.8 Å². The number of ether oxygens (including phenoxy) is 1. The first-order chi connectivity index (χ1) is 13.4. The fraction of sp³-hybridized carbons (Fsp3) is 0.556. The van der Waals surface area contributed by atoms with Crippen molar-refractivity contribution in [3.63, 3.8) is 0 Å². The summed E-state index contributed by atoms with van der Waals surface area (Å²) in [6.07, 6.45) is 1.22. The van der Waals surface area contributed by atoms with Gasteiger partial charge in [-0.15, -0.1) is 0 Å². The van der Waals surface area contributed by atoms with Gasteiger partial charge in [-0.25, -0.2) is 17.9 Å². The number of nitrogens with zero attached hydrogens (tertiary/aromatic N) is 4. The van der Waals surface area contributed by atoms with Crippen LogP contribution < -0.4 is 5.69 Å². The summed E-state index contributed by atoms with van der Waals surface area (Å²) in [7, 11) is -2.00. The SMILES string of the molecule is CCn1c(C2CCN(S(=O)(=O)c3cccc(Cl)c3)CC2)nn(CCOC)c1=O. The summed E-state index contributed by atoms with van der Waals surface area (Å²) in [6, 6.07) is 6.31. The highest BCUT2D eigenvalue weighted by Gasteiger charge is 2.32. The molecule has 2 heterocycles. The summed E-state index contributed by atoms with van der Waals surface area (Å²) >= 11 is 5.94. The topological polar surface area (TPSA) is 86.4 Å². The summed E-state index contributed by atoms with van der Waals surface area (Å²) < 4.78 is 35.3. The molecule has 154 valence electrons. The van der Waals surface area contributed by atoms with Crippen LogP contribution in [0.1, 0.15) is 31.5 Å². The van der Waals surface area contributed by atoms with Gasteiger partial charge in [-0.1, -0.05) is 17.7 Å². The lowest BCUT2D eigenvalue weighted by Crippen LogP contribution is -2.38. The molecule has 0 bridgehead atoms. The third-order valence-electron chi connectivity index (χ3n) is 5.03. The lowest BCUT2D eigenvalue weighted by molar-refractivity contribution is 0.182. The Morgan fingerprint density at radius 1 is 1.29 bits per heavy atom. The van der Waals surface area contributed by atoms with E-state index in [0.717, 1.165) is 5.82 Å².